The molecule has 0 saturated carbocycles. The molecule has 1 aromatic heterocycles. The number of fused-ring (bicyclic) bond motifs is 1. The van der Waals surface area contributed by atoms with Crippen molar-refractivity contribution in [2.24, 2.45) is 11.3 Å². The maximum Gasteiger partial charge on any atom is 0.256 e. The third-order valence-corrected chi connectivity index (χ3v) is 6.83. The number of rotatable bonds is 3. The number of amides is 2. The molecule has 0 bridgehead atoms. The van der Waals surface area contributed by atoms with Gasteiger partial charge in [0.05, 0.1) is 5.56 Å². The molecule has 150 valence electrons. The Balaban J connectivity index is 1.97. The summed E-state index contributed by atoms with van der Waals surface area (Å²) in [5.41, 5.74) is 2.45. The minimum atomic E-state index is -0.249. The van der Waals surface area contributed by atoms with Crippen LogP contribution in [-0.2, 0) is 12.8 Å². The number of thiophene rings is 1. The fraction of sp³-hybridized carbons (Fsp3) is 0.455. The molecule has 2 amide bonds. The zero-order valence-electron chi connectivity index (χ0n) is 17.1. The highest BCUT2D eigenvalue weighted by Gasteiger charge is 2.34. The van der Waals surface area contributed by atoms with Crippen LogP contribution in [0.2, 0.25) is 5.02 Å². The number of hydrogen-bond acceptors (Lipinski definition) is 3. The van der Waals surface area contributed by atoms with Crippen molar-refractivity contribution < 1.29 is 9.59 Å². The molecule has 0 saturated heterocycles. The molecule has 1 heterocycles. The number of benzene rings is 1. The van der Waals surface area contributed by atoms with E-state index in [4.69, 9.17) is 11.6 Å². The van der Waals surface area contributed by atoms with Gasteiger partial charge in [-0.3, -0.25) is 9.59 Å². The molecular weight excluding hydrogens is 392 g/mol. The summed E-state index contributed by atoms with van der Waals surface area (Å²) in [4.78, 5) is 28.5. The Bertz CT molecular complexity index is 912. The van der Waals surface area contributed by atoms with Crippen molar-refractivity contribution in [3.05, 3.63) is 50.9 Å². The molecule has 1 aromatic carbocycles. The van der Waals surface area contributed by atoms with Crippen LogP contribution in [0.4, 0.5) is 5.00 Å². The first-order chi connectivity index (χ1) is 13.1. The zero-order valence-corrected chi connectivity index (χ0v) is 18.6. The van der Waals surface area contributed by atoms with E-state index in [0.29, 0.717) is 27.1 Å². The molecule has 0 aliphatic heterocycles. The van der Waals surface area contributed by atoms with Crippen LogP contribution in [0.5, 0.6) is 0 Å². The minimum absolute atomic E-state index is 0.0619. The molecule has 2 aromatic rings. The lowest BCUT2D eigenvalue weighted by Gasteiger charge is -2.34. The van der Waals surface area contributed by atoms with Gasteiger partial charge < -0.3 is 10.2 Å². The van der Waals surface area contributed by atoms with Crippen LogP contribution in [0.3, 0.4) is 0 Å². The van der Waals surface area contributed by atoms with Gasteiger partial charge in [0.15, 0.2) is 0 Å². The zero-order chi connectivity index (χ0) is 20.6. The molecule has 0 radical (unpaired) electrons. The van der Waals surface area contributed by atoms with E-state index in [1.807, 2.05) is 0 Å². The van der Waals surface area contributed by atoms with Gasteiger partial charge in [0.2, 0.25) is 0 Å². The number of anilines is 1. The smallest absolute Gasteiger partial charge is 0.256 e. The first kappa shape index (κ1) is 20.9. The average molecular weight is 419 g/mol. The van der Waals surface area contributed by atoms with Gasteiger partial charge in [-0.1, -0.05) is 38.4 Å². The standard InChI is InChI=1S/C22H27ClN2O2S/c1-22(2,3)14-9-10-16-17(12-14)28-20(18(16)21(27)25(4)5)24-19(26)13-7-6-8-15(23)11-13/h6-8,11,14H,9-10,12H2,1-5H3,(H,24,26)/t14-/m1/s1. The quantitative estimate of drug-likeness (QED) is 0.714. The number of carbonyl (C=O) groups is 2. The SMILES string of the molecule is CN(C)C(=O)c1c(NC(=O)c2cccc(Cl)c2)sc2c1CC[C@@H](C(C)(C)C)C2. The highest BCUT2D eigenvalue weighted by Crippen LogP contribution is 2.44. The molecule has 4 nitrogen and oxygen atoms in total. The predicted molar refractivity (Wildman–Crippen MR) is 117 cm³/mol. The Morgan fingerprint density at radius 2 is 1.96 bits per heavy atom. The van der Waals surface area contributed by atoms with Crippen molar-refractivity contribution in [2.75, 3.05) is 19.4 Å². The highest BCUT2D eigenvalue weighted by atomic mass is 35.5. The Labute approximate surface area is 175 Å². The summed E-state index contributed by atoms with van der Waals surface area (Å²) in [6.45, 7) is 6.80. The van der Waals surface area contributed by atoms with Gasteiger partial charge in [-0.15, -0.1) is 11.3 Å². The van der Waals surface area contributed by atoms with Crippen molar-refractivity contribution in [1.82, 2.24) is 4.90 Å². The molecule has 6 heteroatoms. The third-order valence-electron chi connectivity index (χ3n) is 5.42. The minimum Gasteiger partial charge on any atom is -0.345 e. The second-order valence-corrected chi connectivity index (χ2v) is 10.2. The van der Waals surface area contributed by atoms with Crippen molar-refractivity contribution >= 4 is 39.8 Å². The lowest BCUT2D eigenvalue weighted by molar-refractivity contribution is 0.0827. The largest absolute Gasteiger partial charge is 0.345 e. The molecule has 1 aliphatic carbocycles. The van der Waals surface area contributed by atoms with Crippen LogP contribution in [0.1, 0.15) is 58.3 Å². The fourth-order valence-corrected chi connectivity index (χ4v) is 5.17. The normalized spacial score (nSPS) is 16.4. The number of halogens is 1. The Kier molecular flexibility index (Phi) is 5.87. The van der Waals surface area contributed by atoms with Crippen LogP contribution in [0.25, 0.3) is 0 Å². The van der Waals surface area contributed by atoms with Gasteiger partial charge in [0, 0.05) is 29.6 Å². The average Bonchev–Trinajstić information content (AvgIpc) is 2.97. The molecule has 1 atom stereocenters. The maximum absolute atomic E-state index is 12.9. The van der Waals surface area contributed by atoms with E-state index in [-0.39, 0.29) is 17.2 Å². The summed E-state index contributed by atoms with van der Waals surface area (Å²) in [5, 5.41) is 4.13. The molecule has 1 aliphatic rings. The lowest BCUT2D eigenvalue weighted by Crippen LogP contribution is -2.28. The van der Waals surface area contributed by atoms with Crippen molar-refractivity contribution in [3.63, 3.8) is 0 Å². The van der Waals surface area contributed by atoms with Gasteiger partial charge in [0.1, 0.15) is 5.00 Å². The number of nitrogens with one attached hydrogen (secondary N) is 1. The summed E-state index contributed by atoms with van der Waals surface area (Å²) in [6, 6.07) is 6.83. The molecule has 28 heavy (non-hydrogen) atoms. The topological polar surface area (TPSA) is 49.4 Å². The van der Waals surface area contributed by atoms with Crippen molar-refractivity contribution in [1.29, 1.82) is 0 Å². The molecule has 0 spiro atoms. The van der Waals surface area contributed by atoms with Gasteiger partial charge >= 0.3 is 0 Å². The number of hydrogen-bond donors (Lipinski definition) is 1. The van der Waals surface area contributed by atoms with E-state index in [2.05, 4.69) is 26.1 Å². The molecule has 0 unspecified atom stereocenters. The Hall–Kier alpha value is -1.85. The van der Waals surface area contributed by atoms with Gasteiger partial charge in [-0.05, 0) is 54.4 Å². The van der Waals surface area contributed by atoms with Gasteiger partial charge in [0.25, 0.3) is 11.8 Å². The van der Waals surface area contributed by atoms with E-state index in [0.717, 1.165) is 24.8 Å². The van der Waals surface area contributed by atoms with Crippen LogP contribution in [0.15, 0.2) is 24.3 Å². The van der Waals surface area contributed by atoms with Crippen LogP contribution < -0.4 is 5.32 Å². The maximum atomic E-state index is 12.9. The van der Waals surface area contributed by atoms with Gasteiger partial charge in [-0.25, -0.2) is 0 Å². The second kappa shape index (κ2) is 7.88. The van der Waals surface area contributed by atoms with Crippen molar-refractivity contribution in [2.45, 2.75) is 40.0 Å². The van der Waals surface area contributed by atoms with E-state index in [1.165, 1.54) is 4.88 Å². The molecular formula is C22H27ClN2O2S. The van der Waals surface area contributed by atoms with Crippen LogP contribution in [0, 0.1) is 11.3 Å². The molecule has 0 fully saturated rings. The summed E-state index contributed by atoms with van der Waals surface area (Å²) >= 11 is 7.56. The Morgan fingerprint density at radius 1 is 1.25 bits per heavy atom. The fourth-order valence-electron chi connectivity index (χ4n) is 3.67. The van der Waals surface area contributed by atoms with Crippen LogP contribution >= 0.6 is 22.9 Å². The number of nitrogens with zero attached hydrogens (tertiary/aromatic N) is 1. The van der Waals surface area contributed by atoms with E-state index >= 15 is 0 Å². The van der Waals surface area contributed by atoms with Gasteiger partial charge in [-0.2, -0.15) is 0 Å². The van der Waals surface area contributed by atoms with E-state index in [1.54, 1.807) is 54.6 Å². The molecule has 1 N–H and O–H groups in total. The Morgan fingerprint density at radius 3 is 2.57 bits per heavy atom. The first-order valence-electron chi connectivity index (χ1n) is 9.51. The summed E-state index contributed by atoms with van der Waals surface area (Å²) < 4.78 is 0. The monoisotopic (exact) mass is 418 g/mol. The molecule has 3 rings (SSSR count). The summed E-state index contributed by atoms with van der Waals surface area (Å²) in [7, 11) is 3.49. The highest BCUT2D eigenvalue weighted by molar-refractivity contribution is 7.17. The number of carbonyl (C=O) groups excluding carboxylic acids is 2. The summed E-state index contributed by atoms with van der Waals surface area (Å²) in [5.74, 6) is 0.256. The van der Waals surface area contributed by atoms with E-state index < -0.39 is 0 Å². The predicted octanol–water partition coefficient (Wildman–Crippen LogP) is 5.51. The second-order valence-electron chi connectivity index (χ2n) is 8.68. The lowest BCUT2D eigenvalue weighted by atomic mass is 9.72. The van der Waals surface area contributed by atoms with Crippen LogP contribution in [-0.4, -0.2) is 30.8 Å². The first-order valence-corrected chi connectivity index (χ1v) is 10.7. The summed E-state index contributed by atoms with van der Waals surface area (Å²) in [6.07, 6.45) is 2.88. The van der Waals surface area contributed by atoms with E-state index in [9.17, 15) is 9.59 Å². The third kappa shape index (κ3) is 4.26. The van der Waals surface area contributed by atoms with Crippen molar-refractivity contribution in [3.8, 4) is 0 Å².